The van der Waals surface area contributed by atoms with Crippen molar-refractivity contribution in [1.82, 2.24) is 15.1 Å². The minimum absolute atomic E-state index is 0.0469. The Balaban J connectivity index is 2.77. The summed E-state index contributed by atoms with van der Waals surface area (Å²) in [6.45, 7) is 2.63. The first kappa shape index (κ1) is 11.2. The Morgan fingerprint density at radius 2 is 2.43 bits per heavy atom. The Kier molecular flexibility index (Phi) is 4.13. The van der Waals surface area contributed by atoms with E-state index in [0.29, 0.717) is 12.1 Å². The van der Waals surface area contributed by atoms with Gasteiger partial charge in [-0.05, 0) is 6.42 Å². The highest BCUT2D eigenvalue weighted by Gasteiger charge is 2.12. The van der Waals surface area contributed by atoms with E-state index < -0.39 is 0 Å². The summed E-state index contributed by atoms with van der Waals surface area (Å²) in [7, 11) is 1.82. The zero-order chi connectivity index (χ0) is 10.6. The molecule has 1 aromatic heterocycles. The van der Waals surface area contributed by atoms with Crippen molar-refractivity contribution in [3.05, 3.63) is 17.5 Å². The van der Waals surface area contributed by atoms with Crippen molar-refractivity contribution in [2.24, 2.45) is 7.05 Å². The molecular weight excluding hydrogens is 246 g/mol. The maximum Gasteiger partial charge on any atom is 0.254 e. The summed E-state index contributed by atoms with van der Waals surface area (Å²) in [5, 5.41) is 7.76. The van der Waals surface area contributed by atoms with Gasteiger partial charge in [-0.1, -0.05) is 22.9 Å². The van der Waals surface area contributed by atoms with Crippen LogP contribution in [0.2, 0.25) is 0 Å². The molecule has 1 aromatic rings. The second-order valence-corrected chi connectivity index (χ2v) is 3.75. The molecule has 0 aliphatic rings. The molecule has 0 atom stereocenters. The molecule has 1 N–H and O–H groups in total. The summed E-state index contributed by atoms with van der Waals surface area (Å²) in [5.74, 6) is -0.0469. The Labute approximate surface area is 91.8 Å². The molecule has 0 fully saturated rings. The van der Waals surface area contributed by atoms with Gasteiger partial charge in [0, 0.05) is 25.1 Å². The zero-order valence-corrected chi connectivity index (χ0v) is 9.97. The number of carbonyl (C=O) groups is 1. The van der Waals surface area contributed by atoms with Gasteiger partial charge >= 0.3 is 0 Å². The molecule has 14 heavy (non-hydrogen) atoms. The van der Waals surface area contributed by atoms with E-state index in [4.69, 9.17) is 0 Å². The molecule has 4 nitrogen and oxygen atoms in total. The lowest BCUT2D eigenvalue weighted by molar-refractivity contribution is 0.0955. The number of carbonyl (C=O) groups excluding carboxylic acids is 1. The highest BCUT2D eigenvalue weighted by atomic mass is 79.9. The van der Waals surface area contributed by atoms with Gasteiger partial charge in [0.25, 0.3) is 5.91 Å². The Morgan fingerprint density at radius 3 is 3.00 bits per heavy atom. The average Bonchev–Trinajstić information content (AvgIpc) is 2.56. The van der Waals surface area contributed by atoms with Gasteiger partial charge in [0.15, 0.2) is 0 Å². The third kappa shape index (κ3) is 2.57. The van der Waals surface area contributed by atoms with E-state index in [9.17, 15) is 4.79 Å². The summed E-state index contributed by atoms with van der Waals surface area (Å²) < 4.78 is 1.67. The molecule has 0 saturated heterocycles. The van der Waals surface area contributed by atoms with E-state index in [1.54, 1.807) is 10.9 Å². The van der Waals surface area contributed by atoms with Crippen LogP contribution in [0.1, 0.15) is 23.0 Å². The van der Waals surface area contributed by atoms with Crippen LogP contribution in [0.3, 0.4) is 0 Å². The Hall–Kier alpha value is -0.840. The second kappa shape index (κ2) is 5.14. The minimum atomic E-state index is -0.0469. The van der Waals surface area contributed by atoms with Crippen LogP contribution in [-0.2, 0) is 13.5 Å². The molecule has 0 aliphatic carbocycles. The third-order valence-electron chi connectivity index (χ3n) is 1.86. The summed E-state index contributed by atoms with van der Waals surface area (Å²) in [4.78, 5) is 11.6. The molecule has 0 unspecified atom stereocenters. The lowest BCUT2D eigenvalue weighted by atomic mass is 10.2. The average molecular weight is 260 g/mol. The fraction of sp³-hybridized carbons (Fsp3) is 0.556. The highest BCUT2D eigenvalue weighted by Crippen LogP contribution is 2.06. The number of aromatic nitrogens is 2. The predicted molar refractivity (Wildman–Crippen MR) is 58.7 cm³/mol. The first-order chi connectivity index (χ1) is 6.69. The van der Waals surface area contributed by atoms with Crippen molar-refractivity contribution in [2.75, 3.05) is 11.9 Å². The molecule has 0 radical (unpaired) electrons. The van der Waals surface area contributed by atoms with Gasteiger partial charge in [0.05, 0.1) is 11.3 Å². The first-order valence-electron chi connectivity index (χ1n) is 4.55. The van der Waals surface area contributed by atoms with E-state index in [-0.39, 0.29) is 5.91 Å². The minimum Gasteiger partial charge on any atom is -0.351 e. The van der Waals surface area contributed by atoms with Crippen molar-refractivity contribution in [3.63, 3.8) is 0 Å². The van der Waals surface area contributed by atoms with Crippen LogP contribution < -0.4 is 5.32 Å². The fourth-order valence-corrected chi connectivity index (χ4v) is 1.44. The van der Waals surface area contributed by atoms with Crippen LogP contribution in [0.25, 0.3) is 0 Å². The molecule has 0 aromatic carbocycles. The predicted octanol–water partition coefficient (Wildman–Crippen LogP) is 1.11. The maximum atomic E-state index is 11.6. The summed E-state index contributed by atoms with van der Waals surface area (Å²) in [6, 6.07) is 0. The third-order valence-corrected chi connectivity index (χ3v) is 2.26. The Morgan fingerprint density at radius 1 is 1.71 bits per heavy atom. The first-order valence-corrected chi connectivity index (χ1v) is 5.67. The van der Waals surface area contributed by atoms with Crippen LogP contribution in [0.5, 0.6) is 0 Å². The number of nitrogens with zero attached hydrogens (tertiary/aromatic N) is 2. The van der Waals surface area contributed by atoms with E-state index >= 15 is 0 Å². The largest absolute Gasteiger partial charge is 0.351 e. The van der Waals surface area contributed by atoms with E-state index in [1.165, 1.54) is 0 Å². The quantitative estimate of drug-likeness (QED) is 0.824. The molecule has 1 amide bonds. The number of rotatable bonds is 4. The normalized spacial score (nSPS) is 10.2. The van der Waals surface area contributed by atoms with Crippen molar-refractivity contribution < 1.29 is 4.79 Å². The summed E-state index contributed by atoms with van der Waals surface area (Å²) >= 11 is 3.26. The molecule has 1 heterocycles. The van der Waals surface area contributed by atoms with Crippen molar-refractivity contribution in [3.8, 4) is 0 Å². The van der Waals surface area contributed by atoms with Crippen molar-refractivity contribution in [2.45, 2.75) is 13.3 Å². The molecule has 78 valence electrons. The molecule has 1 rings (SSSR count). The van der Waals surface area contributed by atoms with Crippen LogP contribution >= 0.6 is 15.9 Å². The van der Waals surface area contributed by atoms with E-state index in [2.05, 4.69) is 26.3 Å². The molecular formula is C9H14BrN3O. The molecule has 5 heteroatoms. The van der Waals surface area contributed by atoms with Crippen molar-refractivity contribution in [1.29, 1.82) is 0 Å². The smallest absolute Gasteiger partial charge is 0.254 e. The van der Waals surface area contributed by atoms with Crippen LogP contribution in [0.4, 0.5) is 0 Å². The number of aryl methyl sites for hydroxylation is 2. The number of hydrogen-bond acceptors (Lipinski definition) is 2. The van der Waals surface area contributed by atoms with Crippen LogP contribution in [0, 0.1) is 0 Å². The zero-order valence-electron chi connectivity index (χ0n) is 8.38. The standard InChI is InChI=1S/C9H14BrN3O/c1-3-8-7(6-13(2)12-8)9(14)11-5-4-10/h6H,3-5H2,1-2H3,(H,11,14). The van der Waals surface area contributed by atoms with Gasteiger partial charge in [0.1, 0.15) is 0 Å². The number of hydrogen-bond donors (Lipinski definition) is 1. The SMILES string of the molecule is CCc1nn(C)cc1C(=O)NCCBr. The molecule has 0 aliphatic heterocycles. The molecule has 0 saturated carbocycles. The Bertz CT molecular complexity index is 322. The van der Waals surface area contributed by atoms with Gasteiger partial charge in [-0.25, -0.2) is 0 Å². The summed E-state index contributed by atoms with van der Waals surface area (Å²) in [6.07, 6.45) is 2.53. The van der Waals surface area contributed by atoms with Gasteiger partial charge in [0.2, 0.25) is 0 Å². The highest BCUT2D eigenvalue weighted by molar-refractivity contribution is 9.09. The molecule has 0 bridgehead atoms. The summed E-state index contributed by atoms with van der Waals surface area (Å²) in [5.41, 5.74) is 1.52. The van der Waals surface area contributed by atoms with E-state index in [1.807, 2.05) is 14.0 Å². The van der Waals surface area contributed by atoms with Crippen LogP contribution in [0.15, 0.2) is 6.20 Å². The molecule has 0 spiro atoms. The fourth-order valence-electron chi connectivity index (χ4n) is 1.24. The maximum absolute atomic E-state index is 11.6. The van der Waals surface area contributed by atoms with Crippen LogP contribution in [-0.4, -0.2) is 27.6 Å². The number of alkyl halides is 1. The van der Waals surface area contributed by atoms with Gasteiger partial charge < -0.3 is 5.32 Å². The topological polar surface area (TPSA) is 46.9 Å². The van der Waals surface area contributed by atoms with E-state index in [0.717, 1.165) is 17.4 Å². The lowest BCUT2D eigenvalue weighted by Crippen LogP contribution is -2.25. The monoisotopic (exact) mass is 259 g/mol. The second-order valence-electron chi connectivity index (χ2n) is 2.96. The number of amides is 1. The number of halogens is 1. The van der Waals surface area contributed by atoms with Crippen molar-refractivity contribution >= 4 is 21.8 Å². The lowest BCUT2D eigenvalue weighted by Gasteiger charge is -2.01. The van der Waals surface area contributed by atoms with Gasteiger partial charge in [-0.15, -0.1) is 0 Å². The number of nitrogens with one attached hydrogen (secondary N) is 1. The van der Waals surface area contributed by atoms with Gasteiger partial charge in [-0.2, -0.15) is 5.10 Å². The van der Waals surface area contributed by atoms with Gasteiger partial charge in [-0.3, -0.25) is 9.48 Å².